The molecule has 0 aliphatic carbocycles. The molecule has 0 spiro atoms. The molecule has 4 rings (SSSR count). The third kappa shape index (κ3) is 5.28. The second-order valence-electron chi connectivity index (χ2n) is 10.5. The monoisotopic (exact) mass is 495 g/mol. The van der Waals surface area contributed by atoms with Gasteiger partial charge in [-0.2, -0.15) is 5.10 Å². The van der Waals surface area contributed by atoms with Crippen molar-refractivity contribution in [1.82, 2.24) is 20.0 Å². The highest BCUT2D eigenvalue weighted by Crippen LogP contribution is 2.34. The van der Waals surface area contributed by atoms with Crippen LogP contribution in [0.4, 0.5) is 5.69 Å². The van der Waals surface area contributed by atoms with E-state index in [9.17, 15) is 9.59 Å². The summed E-state index contributed by atoms with van der Waals surface area (Å²) in [6, 6.07) is 4.75. The largest absolute Gasteiger partial charge is 0.381 e. The highest BCUT2D eigenvalue weighted by atomic mass is 16.5. The zero-order valence-electron chi connectivity index (χ0n) is 22.6. The summed E-state index contributed by atoms with van der Waals surface area (Å²) in [7, 11) is 3.75. The average Bonchev–Trinajstić information content (AvgIpc) is 3.30. The van der Waals surface area contributed by atoms with Gasteiger partial charge >= 0.3 is 0 Å². The Kier molecular flexibility index (Phi) is 8.03. The lowest BCUT2D eigenvalue weighted by atomic mass is 9.83. The van der Waals surface area contributed by atoms with E-state index in [-0.39, 0.29) is 29.7 Å². The fraction of sp³-hybridized carbons (Fsp3) is 0.607. The number of hydrogen-bond acceptors (Lipinski definition) is 5. The van der Waals surface area contributed by atoms with Gasteiger partial charge in [0.25, 0.3) is 5.91 Å². The van der Waals surface area contributed by atoms with Crippen LogP contribution in [0.25, 0.3) is 11.1 Å². The summed E-state index contributed by atoms with van der Waals surface area (Å²) in [5.74, 6) is 0.000781. The minimum Gasteiger partial charge on any atom is -0.381 e. The van der Waals surface area contributed by atoms with Crippen LogP contribution in [0.3, 0.4) is 0 Å². The summed E-state index contributed by atoms with van der Waals surface area (Å²) in [5.41, 5.74) is 4.63. The summed E-state index contributed by atoms with van der Waals surface area (Å²) in [6.07, 6.45) is 6.69. The number of anilines is 1. The van der Waals surface area contributed by atoms with Crippen LogP contribution < -0.4 is 10.2 Å². The smallest absolute Gasteiger partial charge is 0.251 e. The number of amides is 2. The predicted molar refractivity (Wildman–Crippen MR) is 142 cm³/mol. The van der Waals surface area contributed by atoms with E-state index in [0.717, 1.165) is 61.4 Å². The standard InChI is InChI=1S/C28H41N5O3/c1-7-33(23-8-10-36-11-9-23)26-14-21(22-15-30-31(5)17-22)13-24(20(26)4)27(34)29-16-25-18(2)12-19(3)32(6)28(25)35/h13-15,17-19,23,25H,7-12,16H2,1-6H3,(H,29,34). The van der Waals surface area contributed by atoms with E-state index in [0.29, 0.717) is 18.2 Å². The van der Waals surface area contributed by atoms with Crippen LogP contribution in [0.2, 0.25) is 0 Å². The number of nitrogens with zero attached hydrogens (tertiary/aromatic N) is 4. The first-order valence-electron chi connectivity index (χ1n) is 13.2. The first-order chi connectivity index (χ1) is 17.2. The van der Waals surface area contributed by atoms with Crippen LogP contribution in [-0.2, 0) is 16.6 Å². The third-order valence-corrected chi connectivity index (χ3v) is 8.15. The first-order valence-corrected chi connectivity index (χ1v) is 13.2. The molecule has 0 bridgehead atoms. The zero-order chi connectivity index (χ0) is 26.0. The maximum absolute atomic E-state index is 13.6. The Morgan fingerprint density at radius 3 is 2.56 bits per heavy atom. The lowest BCUT2D eigenvalue weighted by molar-refractivity contribution is -0.141. The Hall–Kier alpha value is -2.87. The number of hydrogen-bond donors (Lipinski definition) is 1. The lowest BCUT2D eigenvalue weighted by Crippen LogP contribution is -2.51. The fourth-order valence-corrected chi connectivity index (χ4v) is 5.76. The average molecular weight is 496 g/mol. The number of aryl methyl sites for hydroxylation is 1. The van der Waals surface area contributed by atoms with Gasteiger partial charge in [0.2, 0.25) is 5.91 Å². The number of carbonyl (C=O) groups excluding carboxylic acids is 2. The molecule has 3 unspecified atom stereocenters. The van der Waals surface area contributed by atoms with Crippen molar-refractivity contribution in [2.45, 2.75) is 59.0 Å². The molecule has 2 fully saturated rings. The molecule has 2 amide bonds. The second-order valence-corrected chi connectivity index (χ2v) is 10.5. The molecule has 2 aliphatic heterocycles. The number of likely N-dealkylation sites (tertiary alicyclic amines) is 1. The molecule has 36 heavy (non-hydrogen) atoms. The Labute approximate surface area is 215 Å². The highest BCUT2D eigenvalue weighted by molar-refractivity contribution is 5.99. The maximum Gasteiger partial charge on any atom is 0.251 e. The topological polar surface area (TPSA) is 79.7 Å². The van der Waals surface area contributed by atoms with Gasteiger partial charge in [0, 0.05) is 75.5 Å². The highest BCUT2D eigenvalue weighted by Gasteiger charge is 2.36. The maximum atomic E-state index is 13.6. The number of ether oxygens (including phenoxy) is 1. The first kappa shape index (κ1) is 26.2. The van der Waals surface area contributed by atoms with Crippen molar-refractivity contribution in [2.75, 3.05) is 38.3 Å². The van der Waals surface area contributed by atoms with Gasteiger partial charge in [-0.3, -0.25) is 14.3 Å². The van der Waals surface area contributed by atoms with Gasteiger partial charge in [0.1, 0.15) is 0 Å². The van der Waals surface area contributed by atoms with Gasteiger partial charge in [0.15, 0.2) is 0 Å². The summed E-state index contributed by atoms with van der Waals surface area (Å²) >= 11 is 0. The van der Waals surface area contributed by atoms with Crippen LogP contribution in [0, 0.1) is 18.8 Å². The van der Waals surface area contributed by atoms with Crippen LogP contribution in [-0.4, -0.2) is 71.9 Å². The van der Waals surface area contributed by atoms with Crippen molar-refractivity contribution in [3.63, 3.8) is 0 Å². The molecular weight excluding hydrogens is 454 g/mol. The predicted octanol–water partition coefficient (Wildman–Crippen LogP) is 3.63. The molecule has 3 atom stereocenters. The Morgan fingerprint density at radius 1 is 1.19 bits per heavy atom. The molecule has 2 aromatic rings. The molecular formula is C28H41N5O3. The minimum atomic E-state index is -0.203. The van der Waals surface area contributed by atoms with Gasteiger partial charge in [0.05, 0.1) is 12.1 Å². The van der Waals surface area contributed by atoms with Crippen molar-refractivity contribution in [3.8, 4) is 11.1 Å². The lowest BCUT2D eigenvalue weighted by Gasteiger charge is -2.39. The molecule has 0 radical (unpaired) electrons. The molecule has 8 nitrogen and oxygen atoms in total. The van der Waals surface area contributed by atoms with Crippen molar-refractivity contribution in [1.29, 1.82) is 0 Å². The summed E-state index contributed by atoms with van der Waals surface area (Å²) in [6.45, 7) is 11.1. The van der Waals surface area contributed by atoms with Crippen LogP contribution in [0.1, 0.15) is 56.0 Å². The summed E-state index contributed by atoms with van der Waals surface area (Å²) in [5, 5.41) is 7.45. The molecule has 1 N–H and O–H groups in total. The van der Waals surface area contributed by atoms with Gasteiger partial charge in [-0.15, -0.1) is 0 Å². The summed E-state index contributed by atoms with van der Waals surface area (Å²) < 4.78 is 7.38. The van der Waals surface area contributed by atoms with E-state index in [2.05, 4.69) is 42.2 Å². The van der Waals surface area contributed by atoms with Gasteiger partial charge < -0.3 is 19.9 Å². The minimum absolute atomic E-state index is 0.111. The molecule has 1 aromatic heterocycles. The van der Waals surface area contributed by atoms with E-state index in [1.54, 1.807) is 4.68 Å². The fourth-order valence-electron chi connectivity index (χ4n) is 5.76. The Balaban J connectivity index is 1.65. The normalized spacial score (nSPS) is 23.1. The molecule has 3 heterocycles. The van der Waals surface area contributed by atoms with Crippen molar-refractivity contribution in [2.24, 2.45) is 18.9 Å². The Bertz CT molecular complexity index is 1090. The molecule has 0 saturated carbocycles. The van der Waals surface area contributed by atoms with Crippen LogP contribution >= 0.6 is 0 Å². The molecule has 8 heteroatoms. The number of rotatable bonds is 7. The molecule has 2 saturated heterocycles. The van der Waals surface area contributed by atoms with E-state index < -0.39 is 0 Å². The number of piperidine rings is 1. The number of carbonyl (C=O) groups is 2. The SMILES string of the molecule is CCN(c1cc(-c2cnn(C)c2)cc(C(=O)NCC2C(=O)N(C)C(C)CC2C)c1C)C1CCOCC1. The number of benzene rings is 1. The molecule has 1 aromatic carbocycles. The zero-order valence-corrected chi connectivity index (χ0v) is 22.6. The van der Waals surface area contributed by atoms with Gasteiger partial charge in [-0.05, 0) is 69.2 Å². The van der Waals surface area contributed by atoms with E-state index in [4.69, 9.17) is 4.74 Å². The molecule has 2 aliphatic rings. The van der Waals surface area contributed by atoms with Crippen LogP contribution in [0.15, 0.2) is 24.5 Å². The third-order valence-electron chi connectivity index (χ3n) is 8.15. The number of aromatic nitrogens is 2. The Morgan fingerprint density at radius 2 is 1.92 bits per heavy atom. The van der Waals surface area contributed by atoms with Crippen molar-refractivity contribution in [3.05, 3.63) is 35.7 Å². The van der Waals surface area contributed by atoms with Gasteiger partial charge in [-0.25, -0.2) is 0 Å². The van der Waals surface area contributed by atoms with E-state index in [1.165, 1.54) is 0 Å². The van der Waals surface area contributed by atoms with Gasteiger partial charge in [-0.1, -0.05) is 6.92 Å². The van der Waals surface area contributed by atoms with Crippen LogP contribution in [0.5, 0.6) is 0 Å². The second kappa shape index (κ2) is 11.0. The van der Waals surface area contributed by atoms with Crippen molar-refractivity contribution >= 4 is 17.5 Å². The van der Waals surface area contributed by atoms with E-state index >= 15 is 0 Å². The molecule has 196 valence electrons. The van der Waals surface area contributed by atoms with E-state index in [1.807, 2.05) is 44.4 Å². The number of nitrogens with one attached hydrogen (secondary N) is 1. The van der Waals surface area contributed by atoms with Crippen molar-refractivity contribution < 1.29 is 14.3 Å². The summed E-state index contributed by atoms with van der Waals surface area (Å²) in [4.78, 5) is 30.7. The quantitative estimate of drug-likeness (QED) is 0.635.